The van der Waals surface area contributed by atoms with Crippen LogP contribution in [0.4, 0.5) is 5.69 Å². The van der Waals surface area contributed by atoms with Gasteiger partial charge in [-0.05, 0) is 67.4 Å². The van der Waals surface area contributed by atoms with Crippen molar-refractivity contribution in [2.24, 2.45) is 0 Å². The van der Waals surface area contributed by atoms with Gasteiger partial charge in [-0.3, -0.25) is 19.0 Å². The quantitative estimate of drug-likeness (QED) is 0.684. The molecule has 0 bridgehead atoms. The second-order valence-corrected chi connectivity index (χ2v) is 7.22. The number of methoxy groups -OCH3 is 2. The number of aromatic nitrogens is 1. The molecular formula is C24H22N2O5. The summed E-state index contributed by atoms with van der Waals surface area (Å²) in [5, 5.41) is 2.73. The lowest BCUT2D eigenvalue weighted by Crippen LogP contribution is -2.33. The van der Waals surface area contributed by atoms with Crippen LogP contribution in [0.1, 0.15) is 39.3 Å². The number of fused-ring (bicyclic) bond motifs is 1. The minimum atomic E-state index is -0.571. The summed E-state index contributed by atoms with van der Waals surface area (Å²) < 4.78 is 11.8. The molecule has 1 N–H and O–H groups in total. The van der Waals surface area contributed by atoms with Crippen molar-refractivity contribution in [3.63, 3.8) is 0 Å². The normalized spacial score (nSPS) is 12.8. The van der Waals surface area contributed by atoms with Crippen molar-refractivity contribution < 1.29 is 19.1 Å². The van der Waals surface area contributed by atoms with E-state index in [9.17, 15) is 14.4 Å². The first-order chi connectivity index (χ1) is 15.0. The van der Waals surface area contributed by atoms with Crippen LogP contribution in [0.5, 0.6) is 11.5 Å². The summed E-state index contributed by atoms with van der Waals surface area (Å²) >= 11 is 0. The van der Waals surface area contributed by atoms with E-state index in [1.807, 2.05) is 0 Å². The molecule has 1 aliphatic carbocycles. The number of anilines is 1. The molecule has 0 saturated heterocycles. The number of rotatable bonds is 5. The van der Waals surface area contributed by atoms with Crippen LogP contribution < -0.4 is 20.3 Å². The van der Waals surface area contributed by atoms with Crippen LogP contribution in [0.2, 0.25) is 0 Å². The molecule has 0 spiro atoms. The van der Waals surface area contributed by atoms with Gasteiger partial charge >= 0.3 is 0 Å². The molecule has 4 rings (SSSR count). The van der Waals surface area contributed by atoms with Crippen LogP contribution >= 0.6 is 0 Å². The number of hydrogen-bond donors (Lipinski definition) is 1. The van der Waals surface area contributed by atoms with E-state index in [0.29, 0.717) is 53.4 Å². The van der Waals surface area contributed by atoms with Gasteiger partial charge in [0.05, 0.1) is 14.2 Å². The molecule has 0 unspecified atom stereocenters. The number of Topliss-reactive ketones (excluding diaryl/α,β-unsaturated/α-hetero) is 1. The Morgan fingerprint density at radius 1 is 0.903 bits per heavy atom. The van der Waals surface area contributed by atoms with Crippen molar-refractivity contribution in [3.05, 3.63) is 81.8 Å². The molecule has 1 heterocycles. The van der Waals surface area contributed by atoms with Gasteiger partial charge in [0.15, 0.2) is 5.78 Å². The number of carbonyl (C=O) groups excluding carboxylic acids is 2. The lowest BCUT2D eigenvalue weighted by Gasteiger charge is -2.21. The zero-order chi connectivity index (χ0) is 22.0. The second-order valence-electron chi connectivity index (χ2n) is 7.22. The molecule has 7 nitrogen and oxygen atoms in total. The van der Waals surface area contributed by atoms with E-state index in [1.165, 1.54) is 10.6 Å². The van der Waals surface area contributed by atoms with E-state index < -0.39 is 11.5 Å². The van der Waals surface area contributed by atoms with Gasteiger partial charge in [-0.15, -0.1) is 0 Å². The van der Waals surface area contributed by atoms with Crippen molar-refractivity contribution in [2.75, 3.05) is 19.5 Å². The third-order valence-corrected chi connectivity index (χ3v) is 5.34. The minimum absolute atomic E-state index is 0.0676. The predicted octanol–water partition coefficient (Wildman–Crippen LogP) is 3.63. The van der Waals surface area contributed by atoms with Crippen molar-refractivity contribution in [1.82, 2.24) is 4.57 Å². The summed E-state index contributed by atoms with van der Waals surface area (Å²) in [4.78, 5) is 39.0. The van der Waals surface area contributed by atoms with Gasteiger partial charge in [0.1, 0.15) is 17.1 Å². The summed E-state index contributed by atoms with van der Waals surface area (Å²) in [6, 6.07) is 15.2. The van der Waals surface area contributed by atoms with Gasteiger partial charge in [0.25, 0.3) is 11.5 Å². The van der Waals surface area contributed by atoms with E-state index in [2.05, 4.69) is 5.32 Å². The maximum Gasteiger partial charge on any atom is 0.268 e. The maximum atomic E-state index is 13.4. The van der Waals surface area contributed by atoms with Crippen LogP contribution in [0.25, 0.3) is 5.69 Å². The Bertz CT molecular complexity index is 1190. The van der Waals surface area contributed by atoms with Crippen LogP contribution in [-0.4, -0.2) is 30.5 Å². The van der Waals surface area contributed by atoms with Gasteiger partial charge in [0, 0.05) is 29.1 Å². The molecule has 31 heavy (non-hydrogen) atoms. The molecule has 1 aromatic heterocycles. The Labute approximate surface area is 179 Å². The van der Waals surface area contributed by atoms with E-state index in [4.69, 9.17) is 9.47 Å². The fourth-order valence-electron chi connectivity index (χ4n) is 3.73. The summed E-state index contributed by atoms with van der Waals surface area (Å²) in [6.45, 7) is 0. The zero-order valence-electron chi connectivity index (χ0n) is 17.3. The van der Waals surface area contributed by atoms with E-state index >= 15 is 0 Å². The Kier molecular flexibility index (Phi) is 5.58. The molecule has 2 aromatic carbocycles. The SMILES string of the molecule is COc1ccc(NC(=O)c2cc3c(n(-c4ccc(OC)cc4)c2=O)CCCC3=O)cc1. The molecule has 0 fully saturated rings. The van der Waals surface area contributed by atoms with Crippen LogP contribution in [0, 0.1) is 0 Å². The summed E-state index contributed by atoms with van der Waals surface area (Å²) in [5.74, 6) is 0.662. The fourth-order valence-corrected chi connectivity index (χ4v) is 3.73. The van der Waals surface area contributed by atoms with Crippen LogP contribution in [-0.2, 0) is 6.42 Å². The molecule has 1 aliphatic rings. The summed E-state index contributed by atoms with van der Waals surface area (Å²) in [7, 11) is 3.12. The molecule has 0 radical (unpaired) electrons. The smallest absolute Gasteiger partial charge is 0.268 e. The number of hydrogen-bond acceptors (Lipinski definition) is 5. The molecule has 158 valence electrons. The second kappa shape index (κ2) is 8.47. The van der Waals surface area contributed by atoms with Crippen molar-refractivity contribution in [2.45, 2.75) is 19.3 Å². The number of ketones is 1. The first-order valence-electron chi connectivity index (χ1n) is 9.94. The number of nitrogens with one attached hydrogen (secondary N) is 1. The van der Waals surface area contributed by atoms with Crippen molar-refractivity contribution in [1.29, 1.82) is 0 Å². The Morgan fingerprint density at radius 2 is 1.52 bits per heavy atom. The van der Waals surface area contributed by atoms with Gasteiger partial charge in [-0.1, -0.05) is 0 Å². The predicted molar refractivity (Wildman–Crippen MR) is 117 cm³/mol. The highest BCUT2D eigenvalue weighted by atomic mass is 16.5. The lowest BCUT2D eigenvalue weighted by atomic mass is 9.92. The Balaban J connectivity index is 1.80. The number of ether oxygens (including phenoxy) is 2. The van der Waals surface area contributed by atoms with Gasteiger partial charge in [-0.25, -0.2) is 0 Å². The zero-order valence-corrected chi connectivity index (χ0v) is 17.3. The molecule has 7 heteroatoms. The standard InChI is InChI=1S/C24H22N2O5/c1-30-17-10-6-15(7-11-17)25-23(28)20-14-19-21(4-3-5-22(19)27)26(24(20)29)16-8-12-18(31-2)13-9-16/h6-14H,3-5H2,1-2H3,(H,25,28). The van der Waals surface area contributed by atoms with E-state index in [0.717, 1.165) is 0 Å². The first kappa shape index (κ1) is 20.4. The average molecular weight is 418 g/mol. The molecule has 1 amide bonds. The van der Waals surface area contributed by atoms with Gasteiger partial charge in [-0.2, -0.15) is 0 Å². The van der Waals surface area contributed by atoms with Crippen LogP contribution in [0.15, 0.2) is 59.4 Å². The molecule has 3 aromatic rings. The summed E-state index contributed by atoms with van der Waals surface area (Å²) in [6.07, 6.45) is 1.65. The van der Waals surface area contributed by atoms with E-state index in [-0.39, 0.29) is 11.3 Å². The molecule has 0 atom stereocenters. The van der Waals surface area contributed by atoms with Gasteiger partial charge in [0.2, 0.25) is 0 Å². The largest absolute Gasteiger partial charge is 0.497 e. The number of pyridine rings is 1. The number of amides is 1. The molecule has 0 saturated carbocycles. The Morgan fingerprint density at radius 3 is 2.13 bits per heavy atom. The van der Waals surface area contributed by atoms with Crippen molar-refractivity contribution in [3.8, 4) is 17.2 Å². The molecule has 0 aliphatic heterocycles. The Hall–Kier alpha value is -3.87. The van der Waals surface area contributed by atoms with Crippen molar-refractivity contribution >= 4 is 17.4 Å². The van der Waals surface area contributed by atoms with Gasteiger partial charge < -0.3 is 14.8 Å². The minimum Gasteiger partial charge on any atom is -0.497 e. The number of carbonyl (C=O) groups is 2. The number of nitrogens with zero attached hydrogens (tertiary/aromatic N) is 1. The number of benzene rings is 2. The highest BCUT2D eigenvalue weighted by Gasteiger charge is 2.26. The van der Waals surface area contributed by atoms with E-state index in [1.54, 1.807) is 62.8 Å². The maximum absolute atomic E-state index is 13.4. The monoisotopic (exact) mass is 418 g/mol. The van der Waals surface area contributed by atoms with Crippen LogP contribution in [0.3, 0.4) is 0 Å². The first-order valence-corrected chi connectivity index (χ1v) is 9.94. The highest BCUT2D eigenvalue weighted by Crippen LogP contribution is 2.25. The third-order valence-electron chi connectivity index (χ3n) is 5.34. The lowest BCUT2D eigenvalue weighted by molar-refractivity contribution is 0.0971. The topological polar surface area (TPSA) is 86.6 Å². The third kappa shape index (κ3) is 3.94. The molecular weight excluding hydrogens is 396 g/mol. The average Bonchev–Trinajstić information content (AvgIpc) is 2.79. The fraction of sp³-hybridized carbons (Fsp3) is 0.208. The highest BCUT2D eigenvalue weighted by molar-refractivity contribution is 6.06. The summed E-state index contributed by atoms with van der Waals surface area (Å²) in [5.41, 5.74) is 1.60.